The number of H-pyrrole nitrogens is 1. The van der Waals surface area contributed by atoms with E-state index in [0.717, 1.165) is 78.5 Å². The molecule has 12 nitrogen and oxygen atoms in total. The number of urea groups is 1. The molecule has 4 amide bonds. The molecule has 12 heteroatoms. The number of hydrogen-bond acceptors (Lipinski definition) is 7. The molecule has 0 saturated carbocycles. The van der Waals surface area contributed by atoms with E-state index in [1.165, 1.54) is 6.07 Å². The van der Waals surface area contributed by atoms with Crippen molar-refractivity contribution in [2.24, 2.45) is 0 Å². The van der Waals surface area contributed by atoms with E-state index in [9.17, 15) is 24.3 Å². The molecule has 4 aliphatic heterocycles. The lowest BCUT2D eigenvalue weighted by Crippen LogP contribution is -2.54. The fourth-order valence-electron chi connectivity index (χ4n) is 8.36. The summed E-state index contributed by atoms with van der Waals surface area (Å²) < 4.78 is 6.12. The first-order valence-corrected chi connectivity index (χ1v) is 18.5. The number of hydrogen-bond donors (Lipinski definition) is 3. The van der Waals surface area contributed by atoms with E-state index in [0.29, 0.717) is 51.6 Å². The fraction of sp³-hybridized carbons (Fsp3) is 0.538. The largest absolute Gasteiger partial charge is 0.436 e. The number of ether oxygens (including phenoxy) is 1. The highest BCUT2D eigenvalue weighted by atomic mass is 16.6. The van der Waals surface area contributed by atoms with Gasteiger partial charge in [0.05, 0.1) is 11.1 Å². The van der Waals surface area contributed by atoms with Crippen LogP contribution in [-0.2, 0) is 22.4 Å². The number of nitrogens with one attached hydrogen (secondary N) is 2. The van der Waals surface area contributed by atoms with Crippen LogP contribution in [0.25, 0.3) is 10.9 Å². The van der Waals surface area contributed by atoms with Gasteiger partial charge >= 0.3 is 12.1 Å². The number of carbonyl (C=O) groups is 3. The summed E-state index contributed by atoms with van der Waals surface area (Å²) in [7, 11) is 0. The van der Waals surface area contributed by atoms with Crippen molar-refractivity contribution in [3.05, 3.63) is 75.6 Å². The third kappa shape index (κ3) is 7.92. The molecule has 2 aromatic carbocycles. The number of carbonyl (C=O) groups excluding carboxylic acids is 3. The first kappa shape index (κ1) is 35.0. The van der Waals surface area contributed by atoms with Crippen molar-refractivity contribution in [2.75, 3.05) is 51.1 Å². The lowest BCUT2D eigenvalue weighted by Gasteiger charge is -2.43. The quantitative estimate of drug-likeness (QED) is 0.350. The Hall–Kier alpha value is -4.42. The number of aliphatic hydroxyl groups is 1. The summed E-state index contributed by atoms with van der Waals surface area (Å²) in [6.07, 6.45) is 3.87. The number of benzene rings is 2. The zero-order chi connectivity index (χ0) is 35.7. The van der Waals surface area contributed by atoms with Gasteiger partial charge in [0.2, 0.25) is 5.56 Å². The zero-order valence-electron chi connectivity index (χ0n) is 29.7. The average molecular weight is 699 g/mol. The van der Waals surface area contributed by atoms with Gasteiger partial charge in [0.1, 0.15) is 0 Å². The van der Waals surface area contributed by atoms with Gasteiger partial charge in [-0.25, -0.2) is 9.59 Å². The fourth-order valence-corrected chi connectivity index (χ4v) is 8.36. The van der Waals surface area contributed by atoms with Crippen LogP contribution >= 0.6 is 0 Å². The molecular weight excluding hydrogens is 648 g/mol. The zero-order valence-corrected chi connectivity index (χ0v) is 29.7. The van der Waals surface area contributed by atoms with Gasteiger partial charge in [0, 0.05) is 76.1 Å². The molecule has 0 bridgehead atoms. The summed E-state index contributed by atoms with van der Waals surface area (Å²) in [5.41, 5.74) is 3.65. The Labute approximate surface area is 298 Å². The van der Waals surface area contributed by atoms with Crippen LogP contribution in [0.2, 0.25) is 0 Å². The number of aryl methyl sites for hydroxylation is 1. The van der Waals surface area contributed by atoms with Crippen molar-refractivity contribution >= 4 is 34.6 Å². The minimum Gasteiger partial charge on any atom is -0.436 e. The highest BCUT2D eigenvalue weighted by Crippen LogP contribution is 2.28. The second-order valence-corrected chi connectivity index (χ2v) is 15.1. The van der Waals surface area contributed by atoms with Crippen LogP contribution in [0, 0.1) is 6.92 Å². The van der Waals surface area contributed by atoms with Crippen LogP contribution in [0.5, 0.6) is 0 Å². The van der Waals surface area contributed by atoms with Crippen LogP contribution in [0.1, 0.15) is 62.1 Å². The second kappa shape index (κ2) is 14.7. The lowest BCUT2D eigenvalue weighted by molar-refractivity contribution is -0.142. The molecule has 0 unspecified atom stereocenters. The van der Waals surface area contributed by atoms with E-state index < -0.39 is 17.8 Å². The maximum Gasteiger partial charge on any atom is 0.410 e. The van der Waals surface area contributed by atoms with E-state index in [4.69, 9.17) is 4.74 Å². The van der Waals surface area contributed by atoms with E-state index in [-0.39, 0.29) is 30.0 Å². The summed E-state index contributed by atoms with van der Waals surface area (Å²) in [5, 5.41) is 14.3. The SMILES string of the molecule is Cc1cc(C[C@@H](OC(=O)N2CCC(N3CCc4ccccc4NC3=O)CC2)C(=O)N2CCC(N3CCC(C)(O)CC3)CC2)cc2ccc(=O)[nH]c12. The number of para-hydroxylation sites is 1. The first-order chi connectivity index (χ1) is 24.5. The van der Waals surface area contributed by atoms with Crippen LogP contribution in [-0.4, -0.2) is 117 Å². The standard InChI is InChI=1S/C39H50N6O6/c1-26-23-27(24-29-7-8-34(46)41-35(26)29)25-33(36(47)43-16-10-30(11-17-43)42-21-14-39(2,50)15-22-42)51-38(49)44-18-12-31(13-19-44)45-20-9-28-5-3-4-6-32(28)40-37(45)48/h3-8,23-24,30-31,33,50H,9-22,25H2,1-2H3,(H,40,48)(H,41,46)/t33-/m1/s1. The summed E-state index contributed by atoms with van der Waals surface area (Å²) >= 11 is 0. The van der Waals surface area contributed by atoms with Crippen LogP contribution in [0.15, 0.2) is 53.3 Å². The summed E-state index contributed by atoms with van der Waals surface area (Å²) in [4.78, 5) is 63.7. The number of likely N-dealkylation sites (tertiary alicyclic amines) is 3. The second-order valence-electron chi connectivity index (χ2n) is 15.1. The molecule has 0 radical (unpaired) electrons. The van der Waals surface area contributed by atoms with Crippen molar-refractivity contribution in [2.45, 2.75) is 89.0 Å². The van der Waals surface area contributed by atoms with Gasteiger partial charge in [-0.2, -0.15) is 0 Å². The highest BCUT2D eigenvalue weighted by molar-refractivity contribution is 5.91. The third-order valence-electron chi connectivity index (χ3n) is 11.5. The molecule has 1 aromatic heterocycles. The van der Waals surface area contributed by atoms with E-state index in [2.05, 4.69) is 15.2 Å². The molecular formula is C39H50N6O6. The number of anilines is 1. The number of nitrogens with zero attached hydrogens (tertiary/aromatic N) is 4. The van der Waals surface area contributed by atoms with Gasteiger partial charge < -0.3 is 39.7 Å². The maximum absolute atomic E-state index is 14.2. The number of fused-ring (bicyclic) bond motifs is 2. The van der Waals surface area contributed by atoms with Crippen LogP contribution < -0.4 is 10.9 Å². The van der Waals surface area contributed by atoms with Crippen molar-refractivity contribution in [3.63, 3.8) is 0 Å². The molecule has 3 saturated heterocycles. The normalized spacial score (nSPS) is 21.2. The summed E-state index contributed by atoms with van der Waals surface area (Å²) in [6.45, 7) is 8.15. The van der Waals surface area contributed by atoms with Crippen molar-refractivity contribution in [3.8, 4) is 0 Å². The van der Waals surface area contributed by atoms with Gasteiger partial charge in [-0.15, -0.1) is 0 Å². The molecule has 1 atom stereocenters. The van der Waals surface area contributed by atoms with E-state index in [1.807, 2.05) is 60.0 Å². The molecule has 51 heavy (non-hydrogen) atoms. The number of pyridine rings is 1. The smallest absolute Gasteiger partial charge is 0.410 e. The van der Waals surface area contributed by atoms with Crippen LogP contribution in [0.3, 0.4) is 0 Å². The van der Waals surface area contributed by atoms with Gasteiger partial charge in [-0.3, -0.25) is 9.59 Å². The van der Waals surface area contributed by atoms with Crippen molar-refractivity contribution in [1.82, 2.24) is 24.6 Å². The Bertz CT molecular complexity index is 1820. The van der Waals surface area contributed by atoms with Crippen molar-refractivity contribution < 1.29 is 24.2 Å². The topological polar surface area (TPSA) is 139 Å². The number of aromatic amines is 1. The molecule has 5 heterocycles. The number of amides is 4. The molecule has 0 aliphatic carbocycles. The monoisotopic (exact) mass is 698 g/mol. The Morgan fingerprint density at radius 2 is 1.59 bits per heavy atom. The van der Waals surface area contributed by atoms with Gasteiger partial charge in [-0.1, -0.05) is 24.3 Å². The third-order valence-corrected chi connectivity index (χ3v) is 11.5. The Morgan fingerprint density at radius 3 is 2.33 bits per heavy atom. The molecule has 4 aliphatic rings. The Kier molecular flexibility index (Phi) is 10.1. The van der Waals surface area contributed by atoms with E-state index in [1.54, 1.807) is 11.0 Å². The predicted octanol–water partition coefficient (Wildman–Crippen LogP) is 4.28. The number of rotatable bonds is 6. The lowest BCUT2D eigenvalue weighted by atomic mass is 9.91. The summed E-state index contributed by atoms with van der Waals surface area (Å²) in [6, 6.07) is 15.3. The van der Waals surface area contributed by atoms with Crippen LogP contribution in [0.4, 0.5) is 15.3 Å². The predicted molar refractivity (Wildman–Crippen MR) is 195 cm³/mol. The average Bonchev–Trinajstić information content (AvgIpc) is 3.29. The molecule has 3 fully saturated rings. The van der Waals surface area contributed by atoms with Crippen molar-refractivity contribution in [1.29, 1.82) is 0 Å². The maximum atomic E-state index is 14.2. The first-order valence-electron chi connectivity index (χ1n) is 18.5. The highest BCUT2D eigenvalue weighted by Gasteiger charge is 2.37. The van der Waals surface area contributed by atoms with E-state index >= 15 is 0 Å². The molecule has 272 valence electrons. The Balaban J connectivity index is 1.01. The van der Waals surface area contributed by atoms with Gasteiger partial charge in [0.25, 0.3) is 5.91 Å². The summed E-state index contributed by atoms with van der Waals surface area (Å²) in [5.74, 6) is -0.196. The minimum absolute atomic E-state index is 0.000121. The van der Waals surface area contributed by atoms with Gasteiger partial charge in [0.15, 0.2) is 6.10 Å². The minimum atomic E-state index is -1.01. The number of aromatic nitrogens is 1. The molecule has 7 rings (SSSR count). The molecule has 3 N–H and O–H groups in total. The van der Waals surface area contributed by atoms with Gasteiger partial charge in [-0.05, 0) is 99.1 Å². The molecule has 0 spiro atoms. The Morgan fingerprint density at radius 1 is 0.902 bits per heavy atom. The number of piperidine rings is 3. The molecule has 3 aromatic rings.